The van der Waals surface area contributed by atoms with E-state index in [9.17, 15) is 14.0 Å². The van der Waals surface area contributed by atoms with Crippen molar-refractivity contribution >= 4 is 33.0 Å². The molecule has 0 N–H and O–H groups in total. The third-order valence-electron chi connectivity index (χ3n) is 5.12. The highest BCUT2D eigenvalue weighted by Gasteiger charge is 2.29. The van der Waals surface area contributed by atoms with Gasteiger partial charge in [-0.1, -0.05) is 27.2 Å². The van der Waals surface area contributed by atoms with Crippen LogP contribution in [0.25, 0.3) is 10.1 Å². The zero-order chi connectivity index (χ0) is 21.1. The predicted molar refractivity (Wildman–Crippen MR) is 111 cm³/mol. The molecule has 0 bridgehead atoms. The summed E-state index contributed by atoms with van der Waals surface area (Å²) >= 11 is 1.13. The van der Waals surface area contributed by atoms with Crippen molar-refractivity contribution in [3.05, 3.63) is 22.8 Å². The van der Waals surface area contributed by atoms with E-state index in [-0.39, 0.29) is 29.5 Å². The number of thiophene rings is 1. The van der Waals surface area contributed by atoms with Crippen LogP contribution in [0.2, 0.25) is 0 Å². The van der Waals surface area contributed by atoms with Crippen molar-refractivity contribution in [2.75, 3.05) is 14.2 Å². The van der Waals surface area contributed by atoms with Crippen LogP contribution in [-0.4, -0.2) is 25.8 Å². The van der Waals surface area contributed by atoms with Crippen LogP contribution in [0, 0.1) is 17.2 Å². The fourth-order valence-electron chi connectivity index (χ4n) is 3.17. The number of rotatable bonds is 5. The highest BCUT2D eigenvalue weighted by molar-refractivity contribution is 7.20. The van der Waals surface area contributed by atoms with Crippen LogP contribution in [0.4, 0.5) is 4.39 Å². The second kappa shape index (κ2) is 9.03. The number of carbonyl (C=O) groups excluding carboxylic acids is 2. The van der Waals surface area contributed by atoms with Crippen molar-refractivity contribution in [2.45, 2.75) is 53.4 Å². The first-order valence-electron chi connectivity index (χ1n) is 9.45. The second-order valence-corrected chi connectivity index (χ2v) is 9.33. The zero-order valence-corrected chi connectivity index (χ0v) is 18.3. The van der Waals surface area contributed by atoms with Crippen molar-refractivity contribution in [2.24, 2.45) is 11.3 Å². The van der Waals surface area contributed by atoms with Crippen molar-refractivity contribution < 1.29 is 23.5 Å². The van der Waals surface area contributed by atoms with Gasteiger partial charge in [-0.3, -0.25) is 9.59 Å². The van der Waals surface area contributed by atoms with E-state index in [2.05, 4.69) is 20.8 Å². The Bertz CT molecular complexity index is 860. The Balaban J connectivity index is 0.000000292. The summed E-state index contributed by atoms with van der Waals surface area (Å²) in [6, 6.07) is 3.06. The Hall–Kier alpha value is -1.95. The predicted octanol–water partition coefficient (Wildman–Crippen LogP) is 6.05. The number of hydrogen-bond acceptors (Lipinski definition) is 5. The average molecular weight is 409 g/mol. The fraction of sp³-hybridized carbons (Fsp3) is 0.545. The van der Waals surface area contributed by atoms with E-state index in [4.69, 9.17) is 9.47 Å². The van der Waals surface area contributed by atoms with Crippen LogP contribution in [0.1, 0.15) is 63.0 Å². The Morgan fingerprint density at radius 1 is 1.18 bits per heavy atom. The van der Waals surface area contributed by atoms with Crippen LogP contribution in [0.15, 0.2) is 12.1 Å². The number of fused-ring (bicyclic) bond motifs is 1. The number of halogens is 1. The number of benzene rings is 1. The van der Waals surface area contributed by atoms with Crippen LogP contribution in [-0.2, 0) is 4.79 Å². The first-order chi connectivity index (χ1) is 13.1. The molecule has 0 radical (unpaired) electrons. The van der Waals surface area contributed by atoms with Gasteiger partial charge < -0.3 is 9.47 Å². The molecule has 0 saturated heterocycles. The second-order valence-electron chi connectivity index (χ2n) is 8.24. The lowest BCUT2D eigenvalue weighted by Crippen LogP contribution is -2.26. The summed E-state index contributed by atoms with van der Waals surface area (Å²) in [6.45, 7) is 8.38. The molecule has 3 rings (SSSR count). The molecule has 1 heterocycles. The molecule has 6 heteroatoms. The van der Waals surface area contributed by atoms with E-state index in [1.54, 1.807) is 6.07 Å². The van der Waals surface area contributed by atoms with Crippen LogP contribution < -0.4 is 9.47 Å². The van der Waals surface area contributed by atoms with Gasteiger partial charge in [0.1, 0.15) is 5.78 Å². The highest BCUT2D eigenvalue weighted by atomic mass is 32.1. The molecule has 154 valence electrons. The molecule has 1 aromatic carbocycles. The number of ketones is 2. The maximum atomic E-state index is 14.3. The molecular weight excluding hydrogens is 379 g/mol. The van der Waals surface area contributed by atoms with Gasteiger partial charge >= 0.3 is 0 Å². The van der Waals surface area contributed by atoms with Gasteiger partial charge in [0.2, 0.25) is 0 Å². The van der Waals surface area contributed by atoms with Gasteiger partial charge in [-0.25, -0.2) is 4.39 Å². The van der Waals surface area contributed by atoms with E-state index in [1.807, 2.05) is 0 Å². The quantitative estimate of drug-likeness (QED) is 0.446. The van der Waals surface area contributed by atoms with E-state index >= 15 is 0 Å². The molecule has 1 aliphatic rings. The number of carbonyl (C=O) groups is 2. The van der Waals surface area contributed by atoms with Crippen LogP contribution >= 0.6 is 11.3 Å². The molecular formula is C22H29FO4S. The molecule has 1 aromatic heterocycles. The number of hydrogen-bond donors (Lipinski definition) is 0. The number of Topliss-reactive ketones (excluding diaryl/α,β-unsaturated/α-hetero) is 2. The minimum atomic E-state index is -0.569. The Morgan fingerprint density at radius 3 is 2.21 bits per heavy atom. The third-order valence-corrected chi connectivity index (χ3v) is 6.24. The number of ether oxygens (including phenoxy) is 2. The van der Waals surface area contributed by atoms with Gasteiger partial charge in [0, 0.05) is 16.2 Å². The summed E-state index contributed by atoms with van der Waals surface area (Å²) in [6.07, 6.45) is 4.25. The molecule has 0 unspecified atom stereocenters. The summed E-state index contributed by atoms with van der Waals surface area (Å²) < 4.78 is 24.9. The largest absolute Gasteiger partial charge is 0.493 e. The van der Waals surface area contributed by atoms with Crippen LogP contribution in [0.5, 0.6) is 11.5 Å². The van der Waals surface area contributed by atoms with Crippen molar-refractivity contribution in [1.82, 2.24) is 0 Å². The maximum absolute atomic E-state index is 14.3. The van der Waals surface area contributed by atoms with E-state index in [0.29, 0.717) is 20.4 Å². The van der Waals surface area contributed by atoms with Crippen molar-refractivity contribution in [3.63, 3.8) is 0 Å². The van der Waals surface area contributed by atoms with Gasteiger partial charge in [0.15, 0.2) is 23.1 Å². The molecule has 28 heavy (non-hydrogen) atoms. The standard InChI is InChI=1S/C14H13FO4S.C8H16/c1-7(16)4-9(17)12-5-8-11(20-12)6-10(18-2)14(19-3)13(8)15;1-8(2,3)7-5-4-6-7/h5-6H,4H2,1-3H3;7H,4-6H2,1-3H3. The van der Waals surface area contributed by atoms with Gasteiger partial charge in [0.25, 0.3) is 0 Å². The average Bonchev–Trinajstić information content (AvgIpc) is 2.96. The van der Waals surface area contributed by atoms with Gasteiger partial charge in [0.05, 0.1) is 25.5 Å². The zero-order valence-electron chi connectivity index (χ0n) is 17.5. The van der Waals surface area contributed by atoms with Crippen molar-refractivity contribution in [1.29, 1.82) is 0 Å². The Morgan fingerprint density at radius 2 is 1.82 bits per heavy atom. The monoisotopic (exact) mass is 408 g/mol. The molecule has 1 saturated carbocycles. The molecule has 1 aliphatic carbocycles. The smallest absolute Gasteiger partial charge is 0.197 e. The minimum absolute atomic E-state index is 0.00312. The first-order valence-corrected chi connectivity index (χ1v) is 10.3. The van der Waals surface area contributed by atoms with Gasteiger partial charge in [-0.05, 0) is 37.2 Å². The highest BCUT2D eigenvalue weighted by Crippen LogP contribution is 2.41. The summed E-state index contributed by atoms with van der Waals surface area (Å²) in [5.41, 5.74) is 0.595. The van der Waals surface area contributed by atoms with Crippen LogP contribution in [0.3, 0.4) is 0 Å². The van der Waals surface area contributed by atoms with E-state index in [0.717, 1.165) is 17.3 Å². The Kier molecular flexibility index (Phi) is 7.21. The normalized spacial score (nSPS) is 14.1. The molecule has 0 spiro atoms. The summed E-state index contributed by atoms with van der Waals surface area (Å²) in [5, 5.41) is 0.291. The lowest BCUT2D eigenvalue weighted by atomic mass is 9.69. The lowest BCUT2D eigenvalue weighted by Gasteiger charge is -2.37. The Labute approximate surface area is 170 Å². The van der Waals surface area contributed by atoms with Crippen molar-refractivity contribution in [3.8, 4) is 11.5 Å². The molecule has 2 aromatic rings. The third kappa shape index (κ3) is 5.10. The molecule has 0 amide bonds. The molecule has 0 aliphatic heterocycles. The molecule has 1 fully saturated rings. The summed E-state index contributed by atoms with van der Waals surface area (Å²) in [5.74, 6) is 0.204. The maximum Gasteiger partial charge on any atom is 0.197 e. The first kappa shape index (κ1) is 22.3. The minimum Gasteiger partial charge on any atom is -0.493 e. The van der Waals surface area contributed by atoms with E-state index < -0.39 is 5.82 Å². The molecule has 0 atom stereocenters. The van der Waals surface area contributed by atoms with Gasteiger partial charge in [-0.2, -0.15) is 0 Å². The summed E-state index contributed by atoms with van der Waals surface area (Å²) in [7, 11) is 2.76. The fourth-order valence-corrected chi connectivity index (χ4v) is 4.19. The van der Waals surface area contributed by atoms with Gasteiger partial charge in [-0.15, -0.1) is 11.3 Å². The SMILES string of the molecule is CC(C)(C)C1CCC1.COc1cc2sc(C(=O)CC(C)=O)cc2c(F)c1OC. The molecule has 4 nitrogen and oxygen atoms in total. The topological polar surface area (TPSA) is 52.6 Å². The van der Waals surface area contributed by atoms with E-state index in [1.165, 1.54) is 46.5 Å². The lowest BCUT2D eigenvalue weighted by molar-refractivity contribution is -0.116. The number of methoxy groups -OCH3 is 2. The summed E-state index contributed by atoms with van der Waals surface area (Å²) in [4.78, 5) is 23.2.